The molecule has 0 aliphatic carbocycles. The average Bonchev–Trinajstić information content (AvgIpc) is 1.87. The summed E-state index contributed by atoms with van der Waals surface area (Å²) in [6, 6.07) is 0. The number of carbonyl (C=O) groups excluding carboxylic acids is 1. The van der Waals surface area contributed by atoms with Crippen LogP contribution in [0.4, 0.5) is 0 Å². The fourth-order valence-corrected chi connectivity index (χ4v) is 0.304. The molecule has 10 heavy (non-hydrogen) atoms. The first-order chi connectivity index (χ1) is 4.57. The number of hydrogen-bond donors (Lipinski definition) is 0. The van der Waals surface area contributed by atoms with Crippen LogP contribution in [0.15, 0.2) is 23.9 Å². The van der Waals surface area contributed by atoms with Crippen LogP contribution < -0.4 is 0 Å². The van der Waals surface area contributed by atoms with Gasteiger partial charge in [-0.05, 0) is 0 Å². The first-order valence-electron chi connectivity index (χ1n) is 2.82. The molecule has 0 fully saturated rings. The van der Waals surface area contributed by atoms with E-state index in [9.17, 15) is 4.79 Å². The molecule has 0 saturated carbocycles. The SMILES string of the molecule is C=C(Cl)C(=C)OC(=O)CC. The Labute approximate surface area is 65.1 Å². The molecule has 0 amide bonds. The van der Waals surface area contributed by atoms with Gasteiger partial charge in [0.1, 0.15) is 5.76 Å². The molecule has 0 aromatic carbocycles. The topological polar surface area (TPSA) is 26.3 Å². The van der Waals surface area contributed by atoms with Crippen LogP contribution >= 0.6 is 11.6 Å². The van der Waals surface area contributed by atoms with E-state index in [1.54, 1.807) is 6.92 Å². The molecular weight excluding hydrogens is 152 g/mol. The summed E-state index contributed by atoms with van der Waals surface area (Å²) in [4.78, 5) is 10.5. The Balaban J connectivity index is 3.80. The van der Waals surface area contributed by atoms with Gasteiger partial charge >= 0.3 is 5.97 Å². The monoisotopic (exact) mass is 160 g/mol. The Morgan fingerprint density at radius 3 is 2.40 bits per heavy atom. The van der Waals surface area contributed by atoms with Gasteiger partial charge < -0.3 is 4.74 Å². The lowest BCUT2D eigenvalue weighted by molar-refractivity contribution is -0.138. The van der Waals surface area contributed by atoms with Gasteiger partial charge in [-0.1, -0.05) is 31.7 Å². The van der Waals surface area contributed by atoms with E-state index in [1.807, 2.05) is 0 Å². The van der Waals surface area contributed by atoms with E-state index < -0.39 is 0 Å². The standard InChI is InChI=1S/C7H9ClO2/c1-4-7(9)10-6(3)5(2)8/h2-4H2,1H3. The zero-order chi connectivity index (χ0) is 8.15. The smallest absolute Gasteiger partial charge is 0.310 e. The third-order valence-electron chi connectivity index (χ3n) is 0.828. The van der Waals surface area contributed by atoms with Crippen molar-refractivity contribution in [3.05, 3.63) is 23.9 Å². The number of halogens is 1. The van der Waals surface area contributed by atoms with Crippen LogP contribution in [-0.4, -0.2) is 5.97 Å². The number of carbonyl (C=O) groups is 1. The van der Waals surface area contributed by atoms with Gasteiger partial charge in [0, 0.05) is 6.42 Å². The summed E-state index contributed by atoms with van der Waals surface area (Å²) >= 11 is 5.36. The molecule has 0 spiro atoms. The lowest BCUT2D eigenvalue weighted by Crippen LogP contribution is -2.00. The molecule has 0 atom stereocenters. The van der Waals surface area contributed by atoms with Crippen LogP contribution in [0.5, 0.6) is 0 Å². The molecule has 0 aromatic rings. The first kappa shape index (κ1) is 9.24. The van der Waals surface area contributed by atoms with Crippen molar-refractivity contribution in [1.82, 2.24) is 0 Å². The van der Waals surface area contributed by atoms with Gasteiger partial charge in [0.15, 0.2) is 0 Å². The number of hydrogen-bond acceptors (Lipinski definition) is 2. The summed E-state index contributed by atoms with van der Waals surface area (Å²) in [5.74, 6) is -0.236. The summed E-state index contributed by atoms with van der Waals surface area (Å²) in [5, 5.41) is 0.154. The van der Waals surface area contributed by atoms with Crippen LogP contribution in [0.2, 0.25) is 0 Å². The molecule has 0 N–H and O–H groups in total. The highest BCUT2D eigenvalue weighted by Gasteiger charge is 2.02. The average molecular weight is 161 g/mol. The molecule has 0 unspecified atom stereocenters. The minimum absolute atomic E-state index is 0.119. The Bertz CT molecular complexity index is 172. The second-order valence-corrected chi connectivity index (χ2v) is 2.11. The third-order valence-corrected chi connectivity index (χ3v) is 1.04. The fraction of sp³-hybridized carbons (Fsp3) is 0.286. The fourth-order valence-electron chi connectivity index (χ4n) is 0.265. The molecule has 0 saturated heterocycles. The van der Waals surface area contributed by atoms with E-state index in [2.05, 4.69) is 17.9 Å². The highest BCUT2D eigenvalue weighted by molar-refractivity contribution is 6.31. The van der Waals surface area contributed by atoms with Gasteiger partial charge in [0.25, 0.3) is 0 Å². The van der Waals surface area contributed by atoms with Crippen molar-refractivity contribution in [2.45, 2.75) is 13.3 Å². The normalized spacial score (nSPS) is 8.60. The number of esters is 1. The van der Waals surface area contributed by atoms with Gasteiger partial charge in [0.05, 0.1) is 5.03 Å². The molecule has 0 aromatic heterocycles. The zero-order valence-electron chi connectivity index (χ0n) is 5.82. The quantitative estimate of drug-likeness (QED) is 0.360. The minimum atomic E-state index is -0.355. The molecule has 2 nitrogen and oxygen atoms in total. The molecular formula is C7H9ClO2. The van der Waals surface area contributed by atoms with Crippen LogP contribution in [-0.2, 0) is 9.53 Å². The van der Waals surface area contributed by atoms with Crippen LogP contribution in [0.3, 0.4) is 0 Å². The van der Waals surface area contributed by atoms with Crippen molar-refractivity contribution >= 4 is 17.6 Å². The first-order valence-corrected chi connectivity index (χ1v) is 3.20. The van der Waals surface area contributed by atoms with Gasteiger partial charge in [-0.25, -0.2) is 0 Å². The van der Waals surface area contributed by atoms with Crippen LogP contribution in [0, 0.1) is 0 Å². The molecule has 3 heteroatoms. The largest absolute Gasteiger partial charge is 0.426 e. The molecule has 0 bridgehead atoms. The molecule has 0 rings (SSSR count). The van der Waals surface area contributed by atoms with Crippen molar-refractivity contribution in [1.29, 1.82) is 0 Å². The maximum atomic E-state index is 10.5. The maximum absolute atomic E-state index is 10.5. The predicted molar refractivity (Wildman–Crippen MR) is 40.5 cm³/mol. The Morgan fingerprint density at radius 1 is 1.60 bits per heavy atom. The van der Waals surface area contributed by atoms with E-state index in [-0.39, 0.29) is 16.8 Å². The molecule has 0 radical (unpaired) electrons. The van der Waals surface area contributed by atoms with Crippen molar-refractivity contribution in [3.63, 3.8) is 0 Å². The van der Waals surface area contributed by atoms with E-state index in [4.69, 9.17) is 11.6 Å². The summed E-state index contributed by atoms with van der Waals surface area (Å²) in [6.07, 6.45) is 0.309. The second kappa shape index (κ2) is 4.12. The van der Waals surface area contributed by atoms with Crippen LogP contribution in [0.1, 0.15) is 13.3 Å². The minimum Gasteiger partial charge on any atom is -0.426 e. The summed E-state index contributed by atoms with van der Waals surface area (Å²) in [5.41, 5.74) is 0. The molecule has 0 aliphatic rings. The second-order valence-electron chi connectivity index (χ2n) is 1.66. The molecule has 0 aliphatic heterocycles. The van der Waals surface area contributed by atoms with Crippen LogP contribution in [0.25, 0.3) is 0 Å². The van der Waals surface area contributed by atoms with Crippen molar-refractivity contribution < 1.29 is 9.53 Å². The van der Waals surface area contributed by atoms with Crippen molar-refractivity contribution in [3.8, 4) is 0 Å². The van der Waals surface area contributed by atoms with E-state index >= 15 is 0 Å². The van der Waals surface area contributed by atoms with Gasteiger partial charge in [0.2, 0.25) is 0 Å². The third kappa shape index (κ3) is 3.30. The zero-order valence-corrected chi connectivity index (χ0v) is 6.57. The molecule has 56 valence electrons. The maximum Gasteiger partial charge on any atom is 0.310 e. The summed E-state index contributed by atoms with van der Waals surface area (Å²) in [7, 11) is 0. The lowest BCUT2D eigenvalue weighted by atomic mass is 10.5. The van der Waals surface area contributed by atoms with Crippen molar-refractivity contribution in [2.24, 2.45) is 0 Å². The number of allylic oxidation sites excluding steroid dienone is 1. The molecule has 0 heterocycles. The van der Waals surface area contributed by atoms with E-state index in [1.165, 1.54) is 0 Å². The Hall–Kier alpha value is -0.760. The van der Waals surface area contributed by atoms with Crippen molar-refractivity contribution in [2.75, 3.05) is 0 Å². The lowest BCUT2D eigenvalue weighted by Gasteiger charge is -2.01. The Kier molecular flexibility index (Phi) is 3.81. The van der Waals surface area contributed by atoms with E-state index in [0.717, 1.165) is 0 Å². The van der Waals surface area contributed by atoms with Gasteiger partial charge in [-0.15, -0.1) is 0 Å². The van der Waals surface area contributed by atoms with Gasteiger partial charge in [-0.3, -0.25) is 4.79 Å². The summed E-state index contributed by atoms with van der Waals surface area (Å²) < 4.78 is 4.60. The highest BCUT2D eigenvalue weighted by atomic mass is 35.5. The highest BCUT2D eigenvalue weighted by Crippen LogP contribution is 2.11. The number of rotatable bonds is 3. The van der Waals surface area contributed by atoms with Gasteiger partial charge in [-0.2, -0.15) is 0 Å². The summed E-state index contributed by atoms with van der Waals surface area (Å²) in [6.45, 7) is 8.39. The van der Waals surface area contributed by atoms with E-state index in [0.29, 0.717) is 6.42 Å². The predicted octanol–water partition coefficient (Wildman–Crippen LogP) is 2.21. The Morgan fingerprint density at radius 2 is 2.10 bits per heavy atom. The number of ether oxygens (including phenoxy) is 1.